The van der Waals surface area contributed by atoms with Crippen molar-refractivity contribution < 1.29 is 9.53 Å². The van der Waals surface area contributed by atoms with Crippen molar-refractivity contribution in [3.63, 3.8) is 0 Å². The summed E-state index contributed by atoms with van der Waals surface area (Å²) in [6.45, 7) is 10.8. The number of methoxy groups -OCH3 is 1. The highest BCUT2D eigenvalue weighted by Gasteiger charge is 2.26. The van der Waals surface area contributed by atoms with Gasteiger partial charge in [-0.2, -0.15) is 5.10 Å². The van der Waals surface area contributed by atoms with Crippen LogP contribution >= 0.6 is 0 Å². The van der Waals surface area contributed by atoms with Crippen molar-refractivity contribution in [3.8, 4) is 17.0 Å². The van der Waals surface area contributed by atoms with Crippen molar-refractivity contribution in [2.24, 2.45) is 11.8 Å². The van der Waals surface area contributed by atoms with Gasteiger partial charge >= 0.3 is 0 Å². The Kier molecular flexibility index (Phi) is 5.99. The van der Waals surface area contributed by atoms with Crippen LogP contribution in [0.15, 0.2) is 30.3 Å². The zero-order chi connectivity index (χ0) is 22.1. The molecule has 4 rings (SSSR count). The third-order valence-corrected chi connectivity index (χ3v) is 6.15. The van der Waals surface area contributed by atoms with Gasteiger partial charge in [-0.05, 0) is 55.9 Å². The number of amides is 1. The molecule has 2 aromatic heterocycles. The maximum Gasteiger partial charge on any atom is 0.224 e. The molecule has 3 aromatic rings. The molecule has 0 N–H and O–H groups in total. The first-order valence-electron chi connectivity index (χ1n) is 11.1. The average molecular weight is 421 g/mol. The average Bonchev–Trinajstić information content (AvgIpc) is 3.09. The van der Waals surface area contributed by atoms with E-state index < -0.39 is 0 Å². The number of hydrogen-bond acceptors (Lipinski definition) is 4. The SMILES string of the molecule is COc1ccccc1-c1nn(CCC(=O)N2C[C@H](C)C[C@@H](C)C2)c2nc(C)cc(C)c12. The van der Waals surface area contributed by atoms with Crippen molar-refractivity contribution in [1.82, 2.24) is 19.7 Å². The molecule has 6 heteroatoms. The number of hydrogen-bond donors (Lipinski definition) is 0. The minimum Gasteiger partial charge on any atom is -0.496 e. The molecule has 1 aromatic carbocycles. The predicted octanol–water partition coefficient (Wildman–Crippen LogP) is 4.62. The molecule has 0 saturated carbocycles. The number of pyridine rings is 1. The Hall–Kier alpha value is -2.89. The second-order valence-electron chi connectivity index (χ2n) is 9.05. The Labute approximate surface area is 184 Å². The second kappa shape index (κ2) is 8.69. The number of aromatic nitrogens is 3. The Bertz CT molecular complexity index is 1090. The lowest BCUT2D eigenvalue weighted by Crippen LogP contribution is -2.42. The van der Waals surface area contributed by atoms with Gasteiger partial charge in [0.15, 0.2) is 5.65 Å². The van der Waals surface area contributed by atoms with E-state index in [-0.39, 0.29) is 5.91 Å². The van der Waals surface area contributed by atoms with Crippen LogP contribution in [0.4, 0.5) is 0 Å². The van der Waals surface area contributed by atoms with Gasteiger partial charge in [-0.15, -0.1) is 0 Å². The van der Waals surface area contributed by atoms with Gasteiger partial charge in [-0.3, -0.25) is 4.79 Å². The van der Waals surface area contributed by atoms with E-state index in [4.69, 9.17) is 14.8 Å². The lowest BCUT2D eigenvalue weighted by atomic mass is 9.92. The molecule has 1 aliphatic heterocycles. The summed E-state index contributed by atoms with van der Waals surface area (Å²) in [5.41, 5.74) is 4.69. The molecular weight excluding hydrogens is 388 g/mol. The van der Waals surface area contributed by atoms with Gasteiger partial charge in [0.1, 0.15) is 11.4 Å². The quantitative estimate of drug-likeness (QED) is 0.604. The van der Waals surface area contributed by atoms with Crippen LogP contribution < -0.4 is 4.74 Å². The summed E-state index contributed by atoms with van der Waals surface area (Å²) in [6.07, 6.45) is 1.62. The minimum atomic E-state index is 0.199. The second-order valence-corrected chi connectivity index (χ2v) is 9.05. The van der Waals surface area contributed by atoms with Crippen LogP contribution in [0.3, 0.4) is 0 Å². The number of rotatable bonds is 5. The number of ether oxygens (including phenoxy) is 1. The topological polar surface area (TPSA) is 60.3 Å². The number of nitrogens with zero attached hydrogens (tertiary/aromatic N) is 4. The molecule has 0 unspecified atom stereocenters. The number of carbonyl (C=O) groups is 1. The van der Waals surface area contributed by atoms with Gasteiger partial charge in [0.25, 0.3) is 0 Å². The Morgan fingerprint density at radius 3 is 2.58 bits per heavy atom. The maximum atomic E-state index is 13.0. The summed E-state index contributed by atoms with van der Waals surface area (Å²) in [4.78, 5) is 19.8. The first-order chi connectivity index (χ1) is 14.9. The molecule has 2 atom stereocenters. The number of likely N-dealkylation sites (tertiary alicyclic amines) is 1. The van der Waals surface area contributed by atoms with E-state index in [1.165, 1.54) is 6.42 Å². The summed E-state index contributed by atoms with van der Waals surface area (Å²) in [7, 11) is 1.67. The molecule has 0 bridgehead atoms. The minimum absolute atomic E-state index is 0.199. The molecule has 164 valence electrons. The van der Waals surface area contributed by atoms with Crippen LogP contribution in [0, 0.1) is 25.7 Å². The molecule has 1 fully saturated rings. The van der Waals surface area contributed by atoms with Crippen LogP contribution in [0.25, 0.3) is 22.3 Å². The Balaban J connectivity index is 1.68. The van der Waals surface area contributed by atoms with E-state index in [1.807, 2.05) is 40.8 Å². The molecule has 1 saturated heterocycles. The zero-order valence-corrected chi connectivity index (χ0v) is 19.2. The smallest absolute Gasteiger partial charge is 0.224 e. The molecule has 1 amide bonds. The van der Waals surface area contributed by atoms with Gasteiger partial charge in [0.2, 0.25) is 5.91 Å². The number of benzene rings is 1. The summed E-state index contributed by atoms with van der Waals surface area (Å²) in [5.74, 6) is 2.09. The standard InChI is InChI=1S/C25H32N4O2/c1-16-12-17(2)15-28(14-16)22(30)10-11-29-25-23(18(3)13-19(4)26-25)24(27-29)20-8-6-7-9-21(20)31-5/h6-9,13,16-17H,10-12,14-15H2,1-5H3/t16-,17-/m1/s1. The van der Waals surface area contributed by atoms with Crippen LogP contribution in [-0.4, -0.2) is 45.8 Å². The number of aryl methyl sites for hydroxylation is 3. The van der Waals surface area contributed by atoms with Crippen molar-refractivity contribution in [3.05, 3.63) is 41.6 Å². The maximum absolute atomic E-state index is 13.0. The van der Waals surface area contributed by atoms with E-state index in [0.29, 0.717) is 24.8 Å². The summed E-state index contributed by atoms with van der Waals surface area (Å²) in [6, 6.07) is 9.98. The van der Waals surface area contributed by atoms with Crippen LogP contribution in [0.1, 0.15) is 37.9 Å². The molecule has 3 heterocycles. The fourth-order valence-corrected chi connectivity index (χ4v) is 4.93. The van der Waals surface area contributed by atoms with Crippen LogP contribution in [-0.2, 0) is 11.3 Å². The number of para-hydroxylation sites is 1. The highest BCUT2D eigenvalue weighted by Crippen LogP contribution is 2.35. The van der Waals surface area contributed by atoms with Gasteiger partial charge < -0.3 is 9.64 Å². The fraction of sp³-hybridized carbons (Fsp3) is 0.480. The summed E-state index contributed by atoms with van der Waals surface area (Å²) in [5, 5.41) is 5.94. The highest BCUT2D eigenvalue weighted by molar-refractivity contribution is 5.95. The van der Waals surface area contributed by atoms with Gasteiger partial charge in [-0.1, -0.05) is 26.0 Å². The summed E-state index contributed by atoms with van der Waals surface area (Å²) < 4.78 is 7.48. The van der Waals surface area contributed by atoms with Gasteiger partial charge in [0, 0.05) is 30.8 Å². The van der Waals surface area contributed by atoms with E-state index in [2.05, 4.69) is 26.8 Å². The predicted molar refractivity (Wildman–Crippen MR) is 123 cm³/mol. The van der Waals surface area contributed by atoms with Crippen LogP contribution in [0.5, 0.6) is 5.75 Å². The molecule has 0 radical (unpaired) electrons. The Morgan fingerprint density at radius 1 is 1.16 bits per heavy atom. The largest absolute Gasteiger partial charge is 0.496 e. The third-order valence-electron chi connectivity index (χ3n) is 6.15. The Morgan fingerprint density at radius 2 is 1.87 bits per heavy atom. The molecule has 31 heavy (non-hydrogen) atoms. The lowest BCUT2D eigenvalue weighted by Gasteiger charge is -2.35. The van der Waals surface area contributed by atoms with Crippen LogP contribution in [0.2, 0.25) is 0 Å². The van der Waals surface area contributed by atoms with Gasteiger partial charge in [-0.25, -0.2) is 9.67 Å². The monoisotopic (exact) mass is 420 g/mol. The first kappa shape index (κ1) is 21.3. The number of piperidine rings is 1. The van der Waals surface area contributed by atoms with E-state index in [0.717, 1.165) is 52.4 Å². The molecule has 0 spiro atoms. The molecule has 1 aliphatic rings. The van der Waals surface area contributed by atoms with E-state index >= 15 is 0 Å². The molecular formula is C25H32N4O2. The summed E-state index contributed by atoms with van der Waals surface area (Å²) >= 11 is 0. The van der Waals surface area contributed by atoms with Crippen molar-refractivity contribution >= 4 is 16.9 Å². The fourth-order valence-electron chi connectivity index (χ4n) is 4.93. The highest BCUT2D eigenvalue weighted by atomic mass is 16.5. The molecule has 6 nitrogen and oxygen atoms in total. The third kappa shape index (κ3) is 4.29. The number of carbonyl (C=O) groups excluding carboxylic acids is 1. The van der Waals surface area contributed by atoms with E-state index in [1.54, 1.807) is 7.11 Å². The van der Waals surface area contributed by atoms with Gasteiger partial charge in [0.05, 0.1) is 19.0 Å². The van der Waals surface area contributed by atoms with Crippen molar-refractivity contribution in [2.75, 3.05) is 20.2 Å². The normalized spacial score (nSPS) is 19.1. The first-order valence-corrected chi connectivity index (χ1v) is 11.1. The zero-order valence-electron chi connectivity index (χ0n) is 19.2. The number of fused-ring (bicyclic) bond motifs is 1. The van der Waals surface area contributed by atoms with Crippen molar-refractivity contribution in [1.29, 1.82) is 0 Å². The lowest BCUT2D eigenvalue weighted by molar-refractivity contribution is -0.134. The van der Waals surface area contributed by atoms with E-state index in [9.17, 15) is 4.79 Å². The molecule has 0 aliphatic carbocycles. The van der Waals surface area contributed by atoms with Crippen molar-refractivity contribution in [2.45, 2.75) is 47.1 Å².